The second-order valence-electron chi connectivity index (χ2n) is 5.43. The summed E-state index contributed by atoms with van der Waals surface area (Å²) in [5.74, 6) is -1.03. The number of benzene rings is 1. The van der Waals surface area contributed by atoms with Gasteiger partial charge in [0.1, 0.15) is 11.6 Å². The fraction of sp³-hybridized carbons (Fsp3) is 0.375. The van der Waals surface area contributed by atoms with Gasteiger partial charge in [-0.05, 0) is 59.8 Å². The molecule has 0 amide bonds. The number of hydrogen-bond acceptors (Lipinski definition) is 2. The van der Waals surface area contributed by atoms with Gasteiger partial charge in [-0.1, -0.05) is 6.07 Å². The molecule has 1 aliphatic carbocycles. The van der Waals surface area contributed by atoms with E-state index in [1.807, 2.05) is 6.92 Å². The molecule has 21 heavy (non-hydrogen) atoms. The summed E-state index contributed by atoms with van der Waals surface area (Å²) in [7, 11) is 0. The Labute approximate surface area is 135 Å². The molecule has 112 valence electrons. The minimum atomic E-state index is -0.537. The maximum Gasteiger partial charge on any atom is 0.130 e. The maximum absolute atomic E-state index is 13.9. The molecule has 0 bridgehead atoms. The molecule has 1 aliphatic rings. The van der Waals surface area contributed by atoms with Crippen LogP contribution in [0.3, 0.4) is 0 Å². The van der Waals surface area contributed by atoms with Crippen molar-refractivity contribution in [1.29, 1.82) is 0 Å². The first kappa shape index (κ1) is 15.1. The zero-order valence-electron chi connectivity index (χ0n) is 11.6. The average Bonchev–Trinajstić information content (AvgIpc) is 2.80. The van der Waals surface area contributed by atoms with E-state index in [0.717, 1.165) is 29.1 Å². The zero-order chi connectivity index (χ0) is 15.0. The van der Waals surface area contributed by atoms with Crippen LogP contribution in [0.1, 0.15) is 47.9 Å². The third kappa shape index (κ3) is 3.20. The predicted octanol–water partition coefficient (Wildman–Crippen LogP) is 5.52. The van der Waals surface area contributed by atoms with Crippen molar-refractivity contribution in [1.82, 2.24) is 5.32 Å². The van der Waals surface area contributed by atoms with E-state index < -0.39 is 11.6 Å². The highest BCUT2D eigenvalue weighted by Crippen LogP contribution is 2.39. The molecule has 2 aromatic rings. The van der Waals surface area contributed by atoms with Crippen molar-refractivity contribution in [3.8, 4) is 0 Å². The van der Waals surface area contributed by atoms with E-state index >= 15 is 0 Å². The van der Waals surface area contributed by atoms with Crippen LogP contribution in [0.25, 0.3) is 0 Å². The zero-order valence-corrected chi connectivity index (χ0v) is 14.0. The topological polar surface area (TPSA) is 12.0 Å². The van der Waals surface area contributed by atoms with Crippen LogP contribution in [0, 0.1) is 11.6 Å². The largest absolute Gasteiger partial charge is 0.303 e. The third-order valence-corrected chi connectivity index (χ3v) is 5.68. The van der Waals surface area contributed by atoms with Gasteiger partial charge in [-0.3, -0.25) is 0 Å². The number of nitrogens with one attached hydrogen (secondary N) is 1. The van der Waals surface area contributed by atoms with Crippen LogP contribution in [-0.2, 0) is 6.42 Å². The van der Waals surface area contributed by atoms with Crippen molar-refractivity contribution in [2.24, 2.45) is 0 Å². The van der Waals surface area contributed by atoms with Crippen LogP contribution < -0.4 is 5.32 Å². The smallest absolute Gasteiger partial charge is 0.130 e. The van der Waals surface area contributed by atoms with E-state index in [-0.39, 0.29) is 12.1 Å². The SMILES string of the molecule is CC(NC1CCCc2sc(Br)cc21)c1ccc(F)cc1F. The molecule has 1 heterocycles. The molecule has 0 saturated heterocycles. The summed E-state index contributed by atoms with van der Waals surface area (Å²) in [6.07, 6.45) is 3.29. The molecule has 0 fully saturated rings. The minimum absolute atomic E-state index is 0.153. The quantitative estimate of drug-likeness (QED) is 0.748. The number of aryl methyl sites for hydroxylation is 1. The molecule has 2 atom stereocenters. The molecule has 5 heteroatoms. The van der Waals surface area contributed by atoms with E-state index in [4.69, 9.17) is 0 Å². The highest BCUT2D eigenvalue weighted by Gasteiger charge is 2.24. The summed E-state index contributed by atoms with van der Waals surface area (Å²) >= 11 is 5.31. The fourth-order valence-electron chi connectivity index (χ4n) is 2.94. The Morgan fingerprint density at radius 1 is 1.33 bits per heavy atom. The summed E-state index contributed by atoms with van der Waals surface area (Å²) in [6.45, 7) is 1.92. The summed E-state index contributed by atoms with van der Waals surface area (Å²) in [5.41, 5.74) is 1.82. The van der Waals surface area contributed by atoms with E-state index in [2.05, 4.69) is 27.3 Å². The van der Waals surface area contributed by atoms with Crippen molar-refractivity contribution in [2.45, 2.75) is 38.3 Å². The molecule has 0 saturated carbocycles. The molecular weight excluding hydrogens is 356 g/mol. The number of hydrogen-bond donors (Lipinski definition) is 1. The first-order valence-electron chi connectivity index (χ1n) is 7.03. The molecule has 1 aromatic carbocycles. The van der Waals surface area contributed by atoms with Crippen molar-refractivity contribution in [3.05, 3.63) is 55.7 Å². The summed E-state index contributed by atoms with van der Waals surface area (Å²) < 4.78 is 28.0. The van der Waals surface area contributed by atoms with Gasteiger partial charge < -0.3 is 5.32 Å². The van der Waals surface area contributed by atoms with Crippen molar-refractivity contribution in [2.75, 3.05) is 0 Å². The van der Waals surface area contributed by atoms with Crippen molar-refractivity contribution in [3.63, 3.8) is 0 Å². The van der Waals surface area contributed by atoms with E-state index in [0.29, 0.717) is 5.56 Å². The Bertz CT molecular complexity index is 656. The lowest BCUT2D eigenvalue weighted by Gasteiger charge is -2.27. The Kier molecular flexibility index (Phi) is 4.43. The van der Waals surface area contributed by atoms with E-state index in [1.165, 1.54) is 22.6 Å². The van der Waals surface area contributed by atoms with Crippen LogP contribution in [-0.4, -0.2) is 0 Å². The monoisotopic (exact) mass is 371 g/mol. The highest BCUT2D eigenvalue weighted by atomic mass is 79.9. The first-order chi connectivity index (χ1) is 10.0. The van der Waals surface area contributed by atoms with Crippen LogP contribution >= 0.6 is 27.3 Å². The minimum Gasteiger partial charge on any atom is -0.303 e. The van der Waals surface area contributed by atoms with Gasteiger partial charge in [0.15, 0.2) is 0 Å². The Morgan fingerprint density at radius 2 is 2.14 bits per heavy atom. The molecule has 1 aromatic heterocycles. The number of rotatable bonds is 3. The van der Waals surface area contributed by atoms with Gasteiger partial charge in [0.05, 0.1) is 3.79 Å². The molecular formula is C16H16BrF2NS. The molecule has 0 spiro atoms. The lowest BCUT2D eigenvalue weighted by molar-refractivity contribution is 0.409. The molecule has 0 radical (unpaired) electrons. The number of thiophene rings is 1. The summed E-state index contributed by atoms with van der Waals surface area (Å²) in [4.78, 5) is 1.40. The fourth-order valence-corrected chi connectivity index (χ4v) is 4.76. The van der Waals surface area contributed by atoms with Gasteiger partial charge in [0, 0.05) is 28.6 Å². The first-order valence-corrected chi connectivity index (χ1v) is 8.64. The number of halogens is 3. The van der Waals surface area contributed by atoms with Crippen molar-refractivity contribution < 1.29 is 8.78 Å². The lowest BCUT2D eigenvalue weighted by Crippen LogP contribution is -2.27. The molecule has 1 N–H and O–H groups in total. The predicted molar refractivity (Wildman–Crippen MR) is 85.6 cm³/mol. The van der Waals surface area contributed by atoms with Crippen LogP contribution in [0.15, 0.2) is 28.1 Å². The maximum atomic E-state index is 13.9. The van der Waals surface area contributed by atoms with Gasteiger partial charge >= 0.3 is 0 Å². The Morgan fingerprint density at radius 3 is 2.90 bits per heavy atom. The lowest BCUT2D eigenvalue weighted by atomic mass is 9.93. The summed E-state index contributed by atoms with van der Waals surface area (Å²) in [5, 5.41) is 3.49. The van der Waals surface area contributed by atoms with E-state index in [1.54, 1.807) is 11.3 Å². The standard InChI is InChI=1S/C16H16BrF2NS/c1-9(11-6-5-10(18)7-13(11)19)20-14-3-2-4-15-12(14)8-16(17)21-15/h5-9,14,20H,2-4H2,1H3. The van der Waals surface area contributed by atoms with E-state index in [9.17, 15) is 8.78 Å². The molecule has 2 unspecified atom stereocenters. The van der Waals surface area contributed by atoms with Crippen LogP contribution in [0.4, 0.5) is 8.78 Å². The van der Waals surface area contributed by atoms with Crippen molar-refractivity contribution >= 4 is 27.3 Å². The molecule has 0 aliphatic heterocycles. The Balaban J connectivity index is 1.80. The molecule has 3 rings (SSSR count). The summed E-state index contributed by atoms with van der Waals surface area (Å²) in [6, 6.07) is 6.02. The second-order valence-corrected chi connectivity index (χ2v) is 7.94. The number of fused-ring (bicyclic) bond motifs is 1. The van der Waals surface area contributed by atoms with Gasteiger partial charge in [-0.15, -0.1) is 11.3 Å². The van der Waals surface area contributed by atoms with Crippen LogP contribution in [0.5, 0.6) is 0 Å². The highest BCUT2D eigenvalue weighted by molar-refractivity contribution is 9.11. The molecule has 1 nitrogen and oxygen atoms in total. The third-order valence-electron chi connectivity index (χ3n) is 3.96. The second kappa shape index (κ2) is 6.15. The van der Waals surface area contributed by atoms with Gasteiger partial charge in [-0.2, -0.15) is 0 Å². The van der Waals surface area contributed by atoms with Gasteiger partial charge in [0.25, 0.3) is 0 Å². The normalized spacial score (nSPS) is 19.3. The average molecular weight is 372 g/mol. The van der Waals surface area contributed by atoms with Gasteiger partial charge in [0.2, 0.25) is 0 Å². The van der Waals surface area contributed by atoms with Gasteiger partial charge in [-0.25, -0.2) is 8.78 Å². The van der Waals surface area contributed by atoms with Crippen LogP contribution in [0.2, 0.25) is 0 Å². The Hall–Kier alpha value is -0.780.